The maximum atomic E-state index is 12.3. The summed E-state index contributed by atoms with van der Waals surface area (Å²) in [5.41, 5.74) is 2.18. The minimum atomic E-state index is -0.331. The van der Waals surface area contributed by atoms with Gasteiger partial charge in [-0.3, -0.25) is 9.79 Å². The molecule has 1 saturated heterocycles. The fourth-order valence-electron chi connectivity index (χ4n) is 4.07. The molecular weight excluding hydrogens is 424 g/mol. The third-order valence-corrected chi connectivity index (χ3v) is 7.02. The van der Waals surface area contributed by atoms with Gasteiger partial charge in [0.25, 0.3) is 0 Å². The van der Waals surface area contributed by atoms with E-state index in [1.54, 1.807) is 17.1 Å². The van der Waals surface area contributed by atoms with E-state index in [-0.39, 0.29) is 24.0 Å². The largest absolute Gasteiger partial charge is 0.449 e. The number of amides is 2. The van der Waals surface area contributed by atoms with Crippen LogP contribution in [0.4, 0.5) is 9.80 Å². The lowest BCUT2D eigenvalue weighted by Gasteiger charge is -2.25. The van der Waals surface area contributed by atoms with Crippen molar-refractivity contribution in [2.24, 2.45) is 10.9 Å². The molecule has 0 radical (unpaired) electrons. The number of fused-ring (bicyclic) bond motifs is 1. The number of aliphatic imine (C=N–C) groups is 1. The van der Waals surface area contributed by atoms with E-state index in [1.807, 2.05) is 6.92 Å². The molecular formula is C24H28N4O3S. The monoisotopic (exact) mass is 452 g/mol. The topological polar surface area (TPSA) is 94.8 Å². The van der Waals surface area contributed by atoms with E-state index < -0.39 is 0 Å². The molecule has 0 aromatic carbocycles. The summed E-state index contributed by atoms with van der Waals surface area (Å²) in [5, 5.41) is 13.0. The summed E-state index contributed by atoms with van der Waals surface area (Å²) in [7, 11) is 0. The zero-order valence-corrected chi connectivity index (χ0v) is 19.1. The zero-order chi connectivity index (χ0) is 23.1. The van der Waals surface area contributed by atoms with E-state index in [4.69, 9.17) is 4.74 Å². The van der Waals surface area contributed by atoms with Crippen LogP contribution >= 0.6 is 11.3 Å². The summed E-state index contributed by atoms with van der Waals surface area (Å²) in [6, 6.07) is 2.48. The Balaban J connectivity index is 1.62. The van der Waals surface area contributed by atoms with Crippen LogP contribution in [0, 0.1) is 17.2 Å². The summed E-state index contributed by atoms with van der Waals surface area (Å²) in [5.74, 6) is -0.119. The standard InChI is InChI=1S/C24H28N4O3S/c1-4-17(14-26-3)8-10-22(29)27-23-20(13-25)19-9-7-18(12-21(19)32-23)15-31-24(30)28-11-5-6-16(28)2/h4,8,10,14,16,18H,1,3,5-7,9,11-12,15H2,2H3,(H,27,29)/b10-8+,17-14+. The van der Waals surface area contributed by atoms with Gasteiger partial charge in [0.2, 0.25) is 5.91 Å². The lowest BCUT2D eigenvalue weighted by Crippen LogP contribution is -2.35. The maximum absolute atomic E-state index is 12.3. The molecule has 8 heteroatoms. The predicted octanol–water partition coefficient (Wildman–Crippen LogP) is 4.61. The van der Waals surface area contributed by atoms with Gasteiger partial charge in [0.1, 0.15) is 11.1 Å². The van der Waals surface area contributed by atoms with Crippen LogP contribution in [0.2, 0.25) is 0 Å². The van der Waals surface area contributed by atoms with Crippen LogP contribution in [0.1, 0.15) is 42.2 Å². The van der Waals surface area contributed by atoms with E-state index in [2.05, 4.69) is 29.7 Å². The van der Waals surface area contributed by atoms with Crippen molar-refractivity contribution < 1.29 is 14.3 Å². The number of carbonyl (C=O) groups excluding carboxylic acids is 2. The van der Waals surface area contributed by atoms with Crippen molar-refractivity contribution in [1.29, 1.82) is 5.26 Å². The molecule has 3 rings (SSSR count). The third-order valence-electron chi connectivity index (χ3n) is 5.85. The number of likely N-dealkylation sites (tertiary alicyclic amines) is 1. The molecule has 2 atom stereocenters. The Morgan fingerprint density at radius 2 is 2.22 bits per heavy atom. The summed E-state index contributed by atoms with van der Waals surface area (Å²) in [6.07, 6.45) is 10.2. The average molecular weight is 453 g/mol. The highest BCUT2D eigenvalue weighted by molar-refractivity contribution is 7.16. The normalized spacial score (nSPS) is 20.5. The maximum Gasteiger partial charge on any atom is 0.410 e. The fraction of sp³-hybridized carbons (Fsp3) is 0.417. The van der Waals surface area contributed by atoms with Gasteiger partial charge in [-0.15, -0.1) is 11.3 Å². The molecule has 1 aromatic heterocycles. The molecule has 1 N–H and O–H groups in total. The Kier molecular flexibility index (Phi) is 8.01. The molecule has 2 heterocycles. The predicted molar refractivity (Wildman–Crippen MR) is 127 cm³/mol. The molecule has 32 heavy (non-hydrogen) atoms. The van der Waals surface area contributed by atoms with Gasteiger partial charge in [-0.2, -0.15) is 5.26 Å². The van der Waals surface area contributed by atoms with Crippen molar-refractivity contribution in [2.45, 2.75) is 45.1 Å². The van der Waals surface area contributed by atoms with E-state index in [0.717, 1.165) is 49.1 Å². The molecule has 7 nitrogen and oxygen atoms in total. The van der Waals surface area contributed by atoms with Gasteiger partial charge in [0, 0.05) is 29.7 Å². The van der Waals surface area contributed by atoms with Gasteiger partial charge >= 0.3 is 6.09 Å². The quantitative estimate of drug-likeness (QED) is 0.371. The second-order valence-electron chi connectivity index (χ2n) is 8.03. The van der Waals surface area contributed by atoms with Gasteiger partial charge < -0.3 is 15.0 Å². The Morgan fingerprint density at radius 3 is 2.88 bits per heavy atom. The summed E-state index contributed by atoms with van der Waals surface area (Å²) in [4.78, 5) is 31.2. The number of thiophene rings is 1. The van der Waals surface area contributed by atoms with Crippen LogP contribution in [0.5, 0.6) is 0 Å². The summed E-state index contributed by atoms with van der Waals surface area (Å²) >= 11 is 1.43. The van der Waals surface area contributed by atoms with E-state index in [0.29, 0.717) is 22.7 Å². The number of nitriles is 1. The number of allylic oxidation sites excluding steroid dienone is 3. The smallest absolute Gasteiger partial charge is 0.410 e. The number of hydrogen-bond donors (Lipinski definition) is 1. The minimum Gasteiger partial charge on any atom is -0.449 e. The highest BCUT2D eigenvalue weighted by Gasteiger charge is 2.29. The highest BCUT2D eigenvalue weighted by atomic mass is 32.1. The van der Waals surface area contributed by atoms with Gasteiger partial charge in [-0.05, 0) is 68.9 Å². The van der Waals surface area contributed by atoms with Crippen LogP contribution in [0.25, 0.3) is 0 Å². The minimum absolute atomic E-state index is 0.213. The zero-order valence-electron chi connectivity index (χ0n) is 18.3. The number of carbonyl (C=O) groups is 2. The molecule has 2 unspecified atom stereocenters. The fourth-order valence-corrected chi connectivity index (χ4v) is 5.39. The molecule has 1 aliphatic heterocycles. The van der Waals surface area contributed by atoms with Crippen LogP contribution in [0.3, 0.4) is 0 Å². The number of ether oxygens (including phenoxy) is 1. The summed E-state index contributed by atoms with van der Waals surface area (Å²) in [6.45, 7) is 10.2. The molecule has 0 saturated carbocycles. The molecule has 1 aliphatic carbocycles. The summed E-state index contributed by atoms with van der Waals surface area (Å²) < 4.78 is 5.59. The van der Waals surface area contributed by atoms with Crippen LogP contribution in [-0.2, 0) is 22.4 Å². The van der Waals surface area contributed by atoms with Crippen molar-refractivity contribution in [3.63, 3.8) is 0 Å². The second kappa shape index (κ2) is 10.9. The van der Waals surface area contributed by atoms with Crippen molar-refractivity contribution >= 4 is 35.1 Å². The molecule has 2 aliphatic rings. The SMILES string of the molecule is C=CC(/C=C/C(=O)Nc1sc2c(c1C#N)CCC(COC(=O)N1CCCC1C)C2)=C\N=C. The van der Waals surface area contributed by atoms with E-state index in [9.17, 15) is 14.9 Å². The highest BCUT2D eigenvalue weighted by Crippen LogP contribution is 2.39. The van der Waals surface area contributed by atoms with Crippen LogP contribution < -0.4 is 5.32 Å². The van der Waals surface area contributed by atoms with Crippen molar-refractivity contribution in [3.05, 3.63) is 52.6 Å². The van der Waals surface area contributed by atoms with E-state index >= 15 is 0 Å². The number of nitrogens with zero attached hydrogens (tertiary/aromatic N) is 3. The van der Waals surface area contributed by atoms with Crippen molar-refractivity contribution in [2.75, 3.05) is 18.5 Å². The molecule has 1 aromatic rings. The van der Waals surface area contributed by atoms with Crippen LogP contribution in [-0.4, -0.2) is 42.8 Å². The van der Waals surface area contributed by atoms with Crippen molar-refractivity contribution in [3.8, 4) is 6.07 Å². The number of anilines is 1. The second-order valence-corrected chi connectivity index (χ2v) is 9.13. The Bertz CT molecular complexity index is 1000. The van der Waals surface area contributed by atoms with Crippen LogP contribution in [0.15, 0.2) is 41.6 Å². The first-order chi connectivity index (χ1) is 15.5. The Morgan fingerprint density at radius 1 is 1.41 bits per heavy atom. The van der Waals surface area contributed by atoms with Gasteiger partial charge in [-0.25, -0.2) is 4.79 Å². The Hall–Kier alpha value is -3.18. The Labute approximate surface area is 192 Å². The molecule has 0 spiro atoms. The van der Waals surface area contributed by atoms with Crippen molar-refractivity contribution in [1.82, 2.24) is 4.90 Å². The first-order valence-corrected chi connectivity index (χ1v) is 11.5. The average Bonchev–Trinajstić information content (AvgIpc) is 3.37. The molecule has 2 amide bonds. The number of nitrogens with one attached hydrogen (secondary N) is 1. The van der Waals surface area contributed by atoms with Gasteiger partial charge in [0.05, 0.1) is 12.2 Å². The first-order valence-electron chi connectivity index (χ1n) is 10.7. The number of hydrogen-bond acceptors (Lipinski definition) is 6. The van der Waals surface area contributed by atoms with Gasteiger partial charge in [0.15, 0.2) is 0 Å². The molecule has 0 bridgehead atoms. The lowest BCUT2D eigenvalue weighted by atomic mass is 9.88. The molecule has 1 fully saturated rings. The lowest BCUT2D eigenvalue weighted by molar-refractivity contribution is -0.111. The van der Waals surface area contributed by atoms with Gasteiger partial charge in [-0.1, -0.05) is 12.7 Å². The molecule has 168 valence electrons. The number of rotatable bonds is 7. The van der Waals surface area contributed by atoms with E-state index in [1.165, 1.54) is 23.6 Å². The first kappa shape index (κ1) is 23.5. The third kappa shape index (κ3) is 5.54.